The highest BCUT2D eigenvalue weighted by Gasteiger charge is 2.31. The molecule has 15 heavy (non-hydrogen) atoms. The van der Waals surface area contributed by atoms with Gasteiger partial charge < -0.3 is 10.6 Å². The Morgan fingerprint density at radius 1 is 1.33 bits per heavy atom. The maximum atomic E-state index is 6.18. The monoisotopic (exact) mass is 211 g/mol. The Labute approximate surface area is 93.6 Å². The third-order valence-corrected chi connectivity index (χ3v) is 4.03. The van der Waals surface area contributed by atoms with Crippen molar-refractivity contribution in [2.24, 2.45) is 11.7 Å². The fraction of sp³-hybridized carbons (Fsp3) is 1.00. The zero-order valence-corrected chi connectivity index (χ0v) is 10.2. The highest BCUT2D eigenvalue weighted by atomic mass is 15.3. The molecule has 1 saturated heterocycles. The summed E-state index contributed by atoms with van der Waals surface area (Å²) in [6.07, 6.45) is 3.99. The Balaban J connectivity index is 1.77. The number of nitrogens with zero attached hydrogens (tertiary/aromatic N) is 2. The van der Waals surface area contributed by atoms with Gasteiger partial charge in [0.15, 0.2) is 0 Å². The fourth-order valence-electron chi connectivity index (χ4n) is 2.59. The molecule has 3 heteroatoms. The third-order valence-electron chi connectivity index (χ3n) is 4.03. The standard InChI is InChI=1S/C12H25N3/c1-3-11-8-15(7-6-14(11)2)9-12(13)10-4-5-10/h10-12H,3-9,13H2,1-2H3. The zero-order valence-electron chi connectivity index (χ0n) is 10.2. The van der Waals surface area contributed by atoms with Crippen molar-refractivity contribution in [3.8, 4) is 0 Å². The second kappa shape index (κ2) is 4.81. The van der Waals surface area contributed by atoms with Crippen molar-refractivity contribution in [3.05, 3.63) is 0 Å². The van der Waals surface area contributed by atoms with Crippen LogP contribution in [-0.4, -0.2) is 55.1 Å². The van der Waals surface area contributed by atoms with Crippen molar-refractivity contribution in [1.82, 2.24) is 9.80 Å². The van der Waals surface area contributed by atoms with E-state index in [-0.39, 0.29) is 0 Å². The molecule has 1 aliphatic heterocycles. The van der Waals surface area contributed by atoms with Crippen LogP contribution >= 0.6 is 0 Å². The minimum Gasteiger partial charge on any atom is -0.326 e. The summed E-state index contributed by atoms with van der Waals surface area (Å²) in [5, 5.41) is 0. The summed E-state index contributed by atoms with van der Waals surface area (Å²) in [4.78, 5) is 5.05. The third kappa shape index (κ3) is 2.92. The number of hydrogen-bond acceptors (Lipinski definition) is 3. The van der Waals surface area contributed by atoms with Crippen molar-refractivity contribution in [3.63, 3.8) is 0 Å². The van der Waals surface area contributed by atoms with Gasteiger partial charge in [-0.3, -0.25) is 4.90 Å². The first-order chi connectivity index (χ1) is 7.20. The molecule has 2 atom stereocenters. The quantitative estimate of drug-likeness (QED) is 0.745. The number of hydrogen-bond donors (Lipinski definition) is 1. The number of piperazine rings is 1. The maximum Gasteiger partial charge on any atom is 0.0218 e. The van der Waals surface area contributed by atoms with E-state index in [0.29, 0.717) is 6.04 Å². The van der Waals surface area contributed by atoms with E-state index < -0.39 is 0 Å². The maximum absolute atomic E-state index is 6.18. The van der Waals surface area contributed by atoms with Gasteiger partial charge in [-0.15, -0.1) is 0 Å². The molecule has 88 valence electrons. The molecule has 0 spiro atoms. The summed E-state index contributed by atoms with van der Waals surface area (Å²) in [6, 6.07) is 1.18. The van der Waals surface area contributed by atoms with Crippen molar-refractivity contribution in [2.75, 3.05) is 33.2 Å². The molecule has 0 amide bonds. The number of rotatable bonds is 4. The first-order valence-electron chi connectivity index (χ1n) is 6.39. The Morgan fingerprint density at radius 3 is 2.67 bits per heavy atom. The average Bonchev–Trinajstić information content (AvgIpc) is 3.04. The van der Waals surface area contributed by atoms with Crippen LogP contribution < -0.4 is 5.73 Å². The molecule has 2 N–H and O–H groups in total. The normalized spacial score (nSPS) is 31.8. The van der Waals surface area contributed by atoms with Crippen LogP contribution in [0.25, 0.3) is 0 Å². The van der Waals surface area contributed by atoms with Gasteiger partial charge in [-0.1, -0.05) is 6.92 Å². The van der Waals surface area contributed by atoms with Crippen LogP contribution in [-0.2, 0) is 0 Å². The molecule has 1 saturated carbocycles. The van der Waals surface area contributed by atoms with Crippen LogP contribution in [0.2, 0.25) is 0 Å². The van der Waals surface area contributed by atoms with E-state index in [1.807, 2.05) is 0 Å². The Hall–Kier alpha value is -0.120. The van der Waals surface area contributed by atoms with Crippen LogP contribution in [0.1, 0.15) is 26.2 Å². The van der Waals surface area contributed by atoms with Crippen molar-refractivity contribution < 1.29 is 0 Å². The largest absolute Gasteiger partial charge is 0.326 e. The first kappa shape index (κ1) is 11.4. The minimum absolute atomic E-state index is 0.436. The van der Waals surface area contributed by atoms with Gasteiger partial charge in [0, 0.05) is 38.3 Å². The van der Waals surface area contributed by atoms with E-state index in [4.69, 9.17) is 5.73 Å². The summed E-state index contributed by atoms with van der Waals surface area (Å²) in [5.41, 5.74) is 6.18. The van der Waals surface area contributed by atoms with Crippen LogP contribution in [0.4, 0.5) is 0 Å². The van der Waals surface area contributed by atoms with Gasteiger partial charge in [-0.05, 0) is 32.2 Å². The second-order valence-electron chi connectivity index (χ2n) is 5.30. The molecule has 2 unspecified atom stereocenters. The predicted octanol–water partition coefficient (Wildman–Crippen LogP) is 0.750. The molecule has 0 bridgehead atoms. The zero-order chi connectivity index (χ0) is 10.8. The molecule has 3 nitrogen and oxygen atoms in total. The molecule has 1 heterocycles. The van der Waals surface area contributed by atoms with Gasteiger partial charge in [-0.25, -0.2) is 0 Å². The molecular weight excluding hydrogens is 186 g/mol. The fourth-order valence-corrected chi connectivity index (χ4v) is 2.59. The van der Waals surface area contributed by atoms with Gasteiger partial charge in [0.1, 0.15) is 0 Å². The highest BCUT2D eigenvalue weighted by molar-refractivity contribution is 4.88. The van der Waals surface area contributed by atoms with Gasteiger partial charge in [0.25, 0.3) is 0 Å². The lowest BCUT2D eigenvalue weighted by Crippen LogP contribution is -2.53. The first-order valence-corrected chi connectivity index (χ1v) is 6.39. The molecule has 0 aromatic heterocycles. The van der Waals surface area contributed by atoms with Gasteiger partial charge in [0.2, 0.25) is 0 Å². The summed E-state index contributed by atoms with van der Waals surface area (Å²) >= 11 is 0. The summed E-state index contributed by atoms with van der Waals surface area (Å²) < 4.78 is 0. The van der Waals surface area contributed by atoms with E-state index in [0.717, 1.165) is 18.5 Å². The SMILES string of the molecule is CCC1CN(CC(N)C2CC2)CCN1C. The summed E-state index contributed by atoms with van der Waals surface area (Å²) in [5.74, 6) is 0.838. The van der Waals surface area contributed by atoms with Gasteiger partial charge in [0.05, 0.1) is 0 Å². The van der Waals surface area contributed by atoms with Crippen LogP contribution in [0.3, 0.4) is 0 Å². The van der Waals surface area contributed by atoms with Gasteiger partial charge in [-0.2, -0.15) is 0 Å². The van der Waals surface area contributed by atoms with Crippen molar-refractivity contribution in [2.45, 2.75) is 38.3 Å². The van der Waals surface area contributed by atoms with E-state index in [1.54, 1.807) is 0 Å². The topological polar surface area (TPSA) is 32.5 Å². The molecule has 0 aromatic carbocycles. The van der Waals surface area contributed by atoms with Crippen LogP contribution in [0.15, 0.2) is 0 Å². The lowest BCUT2D eigenvalue weighted by molar-refractivity contribution is 0.0874. The lowest BCUT2D eigenvalue weighted by atomic mass is 10.1. The smallest absolute Gasteiger partial charge is 0.0218 e. The molecule has 2 rings (SSSR count). The lowest BCUT2D eigenvalue weighted by Gasteiger charge is -2.40. The summed E-state index contributed by atoms with van der Waals surface area (Å²) in [7, 11) is 2.24. The van der Waals surface area contributed by atoms with Gasteiger partial charge >= 0.3 is 0 Å². The summed E-state index contributed by atoms with van der Waals surface area (Å²) in [6.45, 7) is 7.03. The average molecular weight is 211 g/mol. The molecule has 0 radical (unpaired) electrons. The molecule has 0 aromatic rings. The minimum atomic E-state index is 0.436. The van der Waals surface area contributed by atoms with Crippen molar-refractivity contribution in [1.29, 1.82) is 0 Å². The van der Waals surface area contributed by atoms with E-state index in [1.165, 1.54) is 38.9 Å². The van der Waals surface area contributed by atoms with E-state index >= 15 is 0 Å². The molecular formula is C12H25N3. The molecule has 2 aliphatic rings. The molecule has 2 fully saturated rings. The number of likely N-dealkylation sites (N-methyl/N-ethyl adjacent to an activating group) is 1. The van der Waals surface area contributed by atoms with Crippen LogP contribution in [0, 0.1) is 5.92 Å². The Morgan fingerprint density at radius 2 is 2.07 bits per heavy atom. The molecule has 1 aliphatic carbocycles. The van der Waals surface area contributed by atoms with Crippen LogP contribution in [0.5, 0.6) is 0 Å². The highest BCUT2D eigenvalue weighted by Crippen LogP contribution is 2.32. The second-order valence-corrected chi connectivity index (χ2v) is 5.30. The van der Waals surface area contributed by atoms with E-state index in [2.05, 4.69) is 23.8 Å². The van der Waals surface area contributed by atoms with Crippen molar-refractivity contribution >= 4 is 0 Å². The number of nitrogens with two attached hydrogens (primary N) is 1. The Kier molecular flexibility index (Phi) is 3.65. The predicted molar refractivity (Wildman–Crippen MR) is 63.8 cm³/mol. The Bertz CT molecular complexity index is 201. The van der Waals surface area contributed by atoms with E-state index in [9.17, 15) is 0 Å².